The smallest absolute Gasteiger partial charge is 0.294 e. The van der Waals surface area contributed by atoms with Crippen molar-refractivity contribution in [2.24, 2.45) is 0 Å². The lowest BCUT2D eigenvalue weighted by Crippen LogP contribution is -1.99. The Morgan fingerprint density at radius 2 is 2.27 bits per heavy atom. The zero-order chi connectivity index (χ0) is 10.8. The van der Waals surface area contributed by atoms with Crippen LogP contribution in [0.15, 0.2) is 30.9 Å². The van der Waals surface area contributed by atoms with Gasteiger partial charge in [-0.05, 0) is 12.1 Å². The molecule has 2 aromatic rings. The third-order valence-corrected chi connectivity index (χ3v) is 1.89. The molecule has 0 bridgehead atoms. The topological polar surface area (TPSA) is 99.9 Å². The summed E-state index contributed by atoms with van der Waals surface area (Å²) in [6.45, 7) is 0. The SMILES string of the molecule is Nc1ccc(-n2cncn2)cc1[N+](=O)[O-]. The fourth-order valence-corrected chi connectivity index (χ4v) is 1.17. The molecule has 15 heavy (non-hydrogen) atoms. The highest BCUT2D eigenvalue weighted by atomic mass is 16.6. The molecular weight excluding hydrogens is 198 g/mol. The highest BCUT2D eigenvalue weighted by molar-refractivity contribution is 5.61. The molecule has 0 aliphatic heterocycles. The van der Waals surface area contributed by atoms with E-state index in [4.69, 9.17) is 5.73 Å². The zero-order valence-electron chi connectivity index (χ0n) is 7.57. The Labute approximate surface area is 84.3 Å². The molecule has 0 atom stereocenters. The van der Waals surface area contributed by atoms with E-state index < -0.39 is 4.92 Å². The van der Waals surface area contributed by atoms with Gasteiger partial charge in [-0.1, -0.05) is 0 Å². The van der Waals surface area contributed by atoms with E-state index >= 15 is 0 Å². The Morgan fingerprint density at radius 3 is 2.87 bits per heavy atom. The van der Waals surface area contributed by atoms with Crippen LogP contribution in [0.1, 0.15) is 0 Å². The monoisotopic (exact) mass is 205 g/mol. The van der Waals surface area contributed by atoms with Crippen molar-refractivity contribution in [3.05, 3.63) is 41.0 Å². The average molecular weight is 205 g/mol. The van der Waals surface area contributed by atoms with Gasteiger partial charge in [0.25, 0.3) is 5.69 Å². The number of aromatic nitrogens is 3. The third kappa shape index (κ3) is 1.62. The van der Waals surface area contributed by atoms with Gasteiger partial charge in [-0.3, -0.25) is 10.1 Å². The molecular formula is C8H7N5O2. The molecule has 1 aromatic heterocycles. The summed E-state index contributed by atoms with van der Waals surface area (Å²) in [4.78, 5) is 13.8. The van der Waals surface area contributed by atoms with Crippen LogP contribution in [0.3, 0.4) is 0 Å². The van der Waals surface area contributed by atoms with Crippen molar-refractivity contribution in [3.63, 3.8) is 0 Å². The maximum atomic E-state index is 10.6. The second kappa shape index (κ2) is 3.37. The molecule has 0 saturated carbocycles. The van der Waals surface area contributed by atoms with Gasteiger partial charge in [0, 0.05) is 6.07 Å². The van der Waals surface area contributed by atoms with Crippen molar-refractivity contribution < 1.29 is 4.92 Å². The lowest BCUT2D eigenvalue weighted by atomic mass is 10.2. The number of benzene rings is 1. The zero-order valence-corrected chi connectivity index (χ0v) is 7.57. The second-order valence-electron chi connectivity index (χ2n) is 2.84. The number of nitrogen functional groups attached to an aromatic ring is 1. The maximum absolute atomic E-state index is 10.6. The van der Waals surface area contributed by atoms with Crippen LogP contribution in [0.5, 0.6) is 0 Å². The molecule has 2 rings (SSSR count). The summed E-state index contributed by atoms with van der Waals surface area (Å²) in [5.41, 5.74) is 6.00. The summed E-state index contributed by atoms with van der Waals surface area (Å²) in [7, 11) is 0. The summed E-state index contributed by atoms with van der Waals surface area (Å²) in [5, 5.41) is 14.5. The van der Waals surface area contributed by atoms with Gasteiger partial charge in [0.15, 0.2) is 0 Å². The fraction of sp³-hybridized carbons (Fsp3) is 0. The van der Waals surface area contributed by atoms with Crippen LogP contribution in [-0.4, -0.2) is 19.7 Å². The molecule has 0 spiro atoms. The molecule has 0 aliphatic carbocycles. The number of nitro benzene ring substituents is 1. The second-order valence-corrected chi connectivity index (χ2v) is 2.84. The van der Waals surface area contributed by atoms with E-state index in [1.807, 2.05) is 0 Å². The van der Waals surface area contributed by atoms with Crippen molar-refractivity contribution in [1.29, 1.82) is 0 Å². The first kappa shape index (κ1) is 9.13. The Morgan fingerprint density at radius 1 is 1.47 bits per heavy atom. The summed E-state index contributed by atoms with van der Waals surface area (Å²) in [6, 6.07) is 4.45. The molecule has 0 saturated heterocycles. The van der Waals surface area contributed by atoms with Crippen molar-refractivity contribution >= 4 is 11.4 Å². The van der Waals surface area contributed by atoms with Crippen LogP contribution in [-0.2, 0) is 0 Å². The minimum absolute atomic E-state index is 0.129. The van der Waals surface area contributed by atoms with Crippen LogP contribution in [0.2, 0.25) is 0 Å². The molecule has 1 aromatic carbocycles. The van der Waals surface area contributed by atoms with Crippen molar-refractivity contribution in [3.8, 4) is 5.69 Å². The standard InChI is InChI=1S/C8H7N5O2/c9-7-2-1-6(3-8(7)13(14)15)12-5-10-4-11-12/h1-5H,9H2. The largest absolute Gasteiger partial charge is 0.393 e. The summed E-state index contributed by atoms with van der Waals surface area (Å²) in [5.74, 6) is 0. The van der Waals surface area contributed by atoms with E-state index in [1.54, 1.807) is 6.07 Å². The first-order valence-corrected chi connectivity index (χ1v) is 4.07. The number of nitrogens with two attached hydrogens (primary N) is 1. The third-order valence-electron chi connectivity index (χ3n) is 1.89. The number of hydrogen-bond acceptors (Lipinski definition) is 5. The molecule has 0 radical (unpaired) electrons. The van der Waals surface area contributed by atoms with Gasteiger partial charge in [0.1, 0.15) is 18.3 Å². The Bertz CT molecular complexity index is 494. The van der Waals surface area contributed by atoms with Crippen LogP contribution in [0.25, 0.3) is 5.69 Å². The van der Waals surface area contributed by atoms with E-state index in [1.165, 1.54) is 29.5 Å². The van der Waals surface area contributed by atoms with Gasteiger partial charge in [-0.15, -0.1) is 0 Å². The Kier molecular flexibility index (Phi) is 2.05. The van der Waals surface area contributed by atoms with Gasteiger partial charge in [-0.25, -0.2) is 9.67 Å². The molecule has 7 nitrogen and oxygen atoms in total. The van der Waals surface area contributed by atoms with E-state index in [0.29, 0.717) is 5.69 Å². The first-order chi connectivity index (χ1) is 7.18. The van der Waals surface area contributed by atoms with Crippen LogP contribution < -0.4 is 5.73 Å². The normalized spacial score (nSPS) is 10.1. The molecule has 0 amide bonds. The lowest BCUT2D eigenvalue weighted by molar-refractivity contribution is -0.383. The molecule has 0 aliphatic rings. The first-order valence-electron chi connectivity index (χ1n) is 4.07. The highest BCUT2D eigenvalue weighted by Crippen LogP contribution is 2.23. The molecule has 76 valence electrons. The summed E-state index contributed by atoms with van der Waals surface area (Å²) >= 11 is 0. The van der Waals surface area contributed by atoms with E-state index in [9.17, 15) is 10.1 Å². The van der Waals surface area contributed by atoms with Crippen LogP contribution >= 0.6 is 0 Å². The summed E-state index contributed by atoms with van der Waals surface area (Å²) < 4.78 is 1.42. The van der Waals surface area contributed by atoms with Crippen molar-refractivity contribution in [1.82, 2.24) is 14.8 Å². The predicted molar refractivity (Wildman–Crippen MR) is 52.4 cm³/mol. The average Bonchev–Trinajstić information content (AvgIpc) is 2.71. The van der Waals surface area contributed by atoms with Gasteiger partial charge in [0.2, 0.25) is 0 Å². The lowest BCUT2D eigenvalue weighted by Gasteiger charge is -2.01. The Balaban J connectivity index is 2.52. The van der Waals surface area contributed by atoms with Gasteiger partial charge in [-0.2, -0.15) is 5.10 Å². The minimum atomic E-state index is -0.532. The van der Waals surface area contributed by atoms with Crippen LogP contribution in [0.4, 0.5) is 11.4 Å². The summed E-state index contributed by atoms with van der Waals surface area (Å²) in [6.07, 6.45) is 2.80. The van der Waals surface area contributed by atoms with E-state index in [0.717, 1.165) is 0 Å². The van der Waals surface area contributed by atoms with Gasteiger partial charge in [0.05, 0.1) is 10.6 Å². The Hall–Kier alpha value is -2.44. The van der Waals surface area contributed by atoms with Crippen molar-refractivity contribution in [2.45, 2.75) is 0 Å². The number of nitro groups is 1. The minimum Gasteiger partial charge on any atom is -0.393 e. The molecule has 7 heteroatoms. The van der Waals surface area contributed by atoms with Gasteiger partial charge >= 0.3 is 0 Å². The molecule has 0 fully saturated rings. The quantitative estimate of drug-likeness (QED) is 0.443. The van der Waals surface area contributed by atoms with Gasteiger partial charge < -0.3 is 5.73 Å². The fourth-order valence-electron chi connectivity index (χ4n) is 1.17. The predicted octanol–water partition coefficient (Wildman–Crippen LogP) is 0.758. The van der Waals surface area contributed by atoms with E-state index in [2.05, 4.69) is 10.1 Å². The van der Waals surface area contributed by atoms with E-state index in [-0.39, 0.29) is 11.4 Å². The highest BCUT2D eigenvalue weighted by Gasteiger charge is 2.12. The number of rotatable bonds is 2. The number of anilines is 1. The number of hydrogen-bond donors (Lipinski definition) is 1. The molecule has 0 unspecified atom stereocenters. The maximum Gasteiger partial charge on any atom is 0.294 e. The van der Waals surface area contributed by atoms with Crippen LogP contribution in [0, 0.1) is 10.1 Å². The van der Waals surface area contributed by atoms with Crippen molar-refractivity contribution in [2.75, 3.05) is 5.73 Å². The molecule has 1 heterocycles. The number of nitrogens with zero attached hydrogens (tertiary/aromatic N) is 4. The molecule has 2 N–H and O–H groups in total.